The molecule has 0 fully saturated rings. The van der Waals surface area contributed by atoms with Crippen molar-refractivity contribution in [1.29, 1.82) is 0 Å². The van der Waals surface area contributed by atoms with Crippen LogP contribution in [0.15, 0.2) is 0 Å². The van der Waals surface area contributed by atoms with Crippen LogP contribution in [-0.4, -0.2) is 31.4 Å². The van der Waals surface area contributed by atoms with Gasteiger partial charge in [0.15, 0.2) is 6.10 Å². The van der Waals surface area contributed by atoms with Crippen LogP contribution in [-0.2, 0) is 19.2 Å². The first-order valence-electron chi connectivity index (χ1n) is 4.17. The molecule has 0 aromatic heterocycles. The molecule has 0 aromatic carbocycles. The molecule has 78 valence electrons. The largest absolute Gasteiger partial charge is 0.376 e. The summed E-state index contributed by atoms with van der Waals surface area (Å²) in [5.74, 6) is -1.02. The minimum atomic E-state index is -1.02. The molecule has 0 bridgehead atoms. The van der Waals surface area contributed by atoms with Gasteiger partial charge < -0.3 is 9.47 Å². The second-order valence-corrected chi connectivity index (χ2v) is 2.64. The number of carbonyl (C=O) groups excluding carboxylic acids is 1. The molecule has 0 aliphatic heterocycles. The lowest BCUT2D eigenvalue weighted by Gasteiger charge is -2.14. The topological polar surface area (TPSA) is 44.8 Å². The van der Waals surface area contributed by atoms with E-state index < -0.39 is 12.1 Å². The highest BCUT2D eigenvalue weighted by Gasteiger charge is 2.16. The van der Waals surface area contributed by atoms with Crippen LogP contribution < -0.4 is 0 Å². The zero-order chi connectivity index (χ0) is 10.3. The third-order valence-corrected chi connectivity index (χ3v) is 1.44. The molecule has 0 aliphatic carbocycles. The van der Waals surface area contributed by atoms with Crippen molar-refractivity contribution in [3.63, 3.8) is 0 Å². The number of ether oxygens (including phenoxy) is 2. The van der Waals surface area contributed by atoms with Gasteiger partial charge in [-0.3, -0.25) is 4.94 Å². The average Bonchev–Trinajstić information content (AvgIpc) is 2.13. The number of halogens is 1. The Balaban J connectivity index is 3.56. The van der Waals surface area contributed by atoms with Crippen molar-refractivity contribution in [3.05, 3.63) is 0 Å². The van der Waals surface area contributed by atoms with Crippen molar-refractivity contribution in [2.24, 2.45) is 0 Å². The van der Waals surface area contributed by atoms with Gasteiger partial charge in [0, 0.05) is 11.1 Å². The Kier molecular flexibility index (Phi) is 6.44. The van der Waals surface area contributed by atoms with Gasteiger partial charge >= 0.3 is 5.97 Å². The monoisotopic (exact) mass is 194 g/mol. The molecule has 5 heteroatoms. The summed E-state index contributed by atoms with van der Waals surface area (Å²) in [5.41, 5.74) is 0. The van der Waals surface area contributed by atoms with Crippen LogP contribution >= 0.6 is 0 Å². The molecule has 13 heavy (non-hydrogen) atoms. The summed E-state index contributed by atoms with van der Waals surface area (Å²) in [6.07, 6.45) is -1.01. The van der Waals surface area contributed by atoms with Gasteiger partial charge in [0.25, 0.3) is 0 Å². The lowest BCUT2D eigenvalue weighted by atomic mass is 10.4. The number of carbonyl (C=O) groups is 1. The molecule has 0 aromatic rings. The summed E-state index contributed by atoms with van der Waals surface area (Å²) in [4.78, 5) is 13.5. The Morgan fingerprint density at radius 1 is 1.38 bits per heavy atom. The quantitative estimate of drug-likeness (QED) is 0.638. The standard InChI is InChI=1S/C8H15FO4/c1-4-11-6(2)5-12-7(3)8(10)13-9/h6-7H,4-5H2,1-3H3. The van der Waals surface area contributed by atoms with E-state index in [0.29, 0.717) is 6.61 Å². The zero-order valence-electron chi connectivity index (χ0n) is 8.08. The highest BCUT2D eigenvalue weighted by molar-refractivity contribution is 5.73. The molecular weight excluding hydrogens is 179 g/mol. The maximum Gasteiger partial charge on any atom is 0.376 e. The molecule has 0 saturated heterocycles. The third-order valence-electron chi connectivity index (χ3n) is 1.44. The summed E-state index contributed by atoms with van der Waals surface area (Å²) >= 11 is 0. The van der Waals surface area contributed by atoms with Gasteiger partial charge in [-0.15, -0.1) is 0 Å². The van der Waals surface area contributed by atoms with Crippen LogP contribution in [0.1, 0.15) is 20.8 Å². The van der Waals surface area contributed by atoms with Gasteiger partial charge in [-0.1, -0.05) is 0 Å². The van der Waals surface area contributed by atoms with Gasteiger partial charge in [0.05, 0.1) is 12.7 Å². The molecule has 0 radical (unpaired) electrons. The zero-order valence-corrected chi connectivity index (χ0v) is 8.08. The van der Waals surface area contributed by atoms with E-state index in [2.05, 4.69) is 4.94 Å². The highest BCUT2D eigenvalue weighted by Crippen LogP contribution is 1.98. The predicted octanol–water partition coefficient (Wildman–Crippen LogP) is 1.24. The van der Waals surface area contributed by atoms with Crippen LogP contribution in [0, 0.1) is 0 Å². The second kappa shape index (κ2) is 6.80. The summed E-state index contributed by atoms with van der Waals surface area (Å²) in [5, 5.41) is 0. The van der Waals surface area contributed by atoms with Gasteiger partial charge in [-0.2, -0.15) is 0 Å². The van der Waals surface area contributed by atoms with Crippen LogP contribution in [0.5, 0.6) is 0 Å². The van der Waals surface area contributed by atoms with Crippen molar-refractivity contribution >= 4 is 5.97 Å². The molecule has 0 spiro atoms. The van der Waals surface area contributed by atoms with Gasteiger partial charge in [-0.25, -0.2) is 4.79 Å². The van der Waals surface area contributed by atoms with Crippen molar-refractivity contribution in [3.8, 4) is 0 Å². The Bertz CT molecular complexity index is 151. The van der Waals surface area contributed by atoms with E-state index in [1.54, 1.807) is 6.92 Å². The van der Waals surface area contributed by atoms with E-state index in [9.17, 15) is 9.32 Å². The summed E-state index contributed by atoms with van der Waals surface area (Å²) in [6, 6.07) is 0. The fraction of sp³-hybridized carbons (Fsp3) is 0.875. The molecule has 0 rings (SSSR count). The van der Waals surface area contributed by atoms with E-state index in [1.807, 2.05) is 6.92 Å². The Morgan fingerprint density at radius 3 is 2.46 bits per heavy atom. The van der Waals surface area contributed by atoms with Gasteiger partial charge in [0.1, 0.15) is 0 Å². The van der Waals surface area contributed by atoms with E-state index in [-0.39, 0.29) is 12.7 Å². The average molecular weight is 194 g/mol. The van der Waals surface area contributed by atoms with Gasteiger partial charge in [-0.05, 0) is 20.8 Å². The van der Waals surface area contributed by atoms with Gasteiger partial charge in [0.2, 0.25) is 0 Å². The molecule has 0 N–H and O–H groups in total. The van der Waals surface area contributed by atoms with Crippen LogP contribution in [0.3, 0.4) is 0 Å². The normalized spacial score (nSPS) is 15.1. The number of hydrogen-bond donors (Lipinski definition) is 0. The molecule has 0 saturated carbocycles. The maximum atomic E-state index is 11.3. The minimum Gasteiger partial charge on any atom is -0.376 e. The lowest BCUT2D eigenvalue weighted by molar-refractivity contribution is -0.197. The maximum absolute atomic E-state index is 11.3. The molecule has 4 nitrogen and oxygen atoms in total. The van der Waals surface area contributed by atoms with Crippen LogP contribution in [0.4, 0.5) is 4.53 Å². The first kappa shape index (κ1) is 12.3. The van der Waals surface area contributed by atoms with Crippen molar-refractivity contribution in [2.45, 2.75) is 33.0 Å². The molecule has 2 unspecified atom stereocenters. The number of hydrogen-bond acceptors (Lipinski definition) is 4. The third kappa shape index (κ3) is 5.54. The van der Waals surface area contributed by atoms with Crippen LogP contribution in [0.2, 0.25) is 0 Å². The second-order valence-electron chi connectivity index (χ2n) is 2.64. The van der Waals surface area contributed by atoms with E-state index in [0.717, 1.165) is 0 Å². The summed E-state index contributed by atoms with van der Waals surface area (Å²) in [6.45, 7) is 5.89. The first-order valence-corrected chi connectivity index (χ1v) is 4.17. The van der Waals surface area contributed by atoms with E-state index in [4.69, 9.17) is 9.47 Å². The van der Waals surface area contributed by atoms with Crippen molar-refractivity contribution in [2.75, 3.05) is 13.2 Å². The first-order chi connectivity index (χ1) is 6.11. The van der Waals surface area contributed by atoms with Crippen molar-refractivity contribution in [1.82, 2.24) is 0 Å². The molecule has 0 heterocycles. The highest BCUT2D eigenvalue weighted by atomic mass is 19.3. The Hall–Kier alpha value is -0.680. The lowest BCUT2D eigenvalue weighted by Crippen LogP contribution is -2.26. The fourth-order valence-corrected chi connectivity index (χ4v) is 0.743. The van der Waals surface area contributed by atoms with Crippen molar-refractivity contribution < 1.29 is 23.7 Å². The SMILES string of the molecule is CCOC(C)COC(C)C(=O)OF. The molecule has 2 atom stereocenters. The molecule has 0 aliphatic rings. The predicted molar refractivity (Wildman–Crippen MR) is 43.7 cm³/mol. The summed E-state index contributed by atoms with van der Waals surface area (Å²) < 4.78 is 21.5. The fourth-order valence-electron chi connectivity index (χ4n) is 0.743. The smallest absolute Gasteiger partial charge is 0.376 e. The summed E-state index contributed by atoms with van der Waals surface area (Å²) in [7, 11) is 0. The Labute approximate surface area is 76.9 Å². The van der Waals surface area contributed by atoms with E-state index in [1.165, 1.54) is 6.92 Å². The number of rotatable bonds is 6. The Morgan fingerprint density at radius 2 is 2.00 bits per heavy atom. The molecule has 0 amide bonds. The minimum absolute atomic E-state index is 0.111. The molecular formula is C8H15FO4. The van der Waals surface area contributed by atoms with Crippen LogP contribution in [0.25, 0.3) is 0 Å². The van der Waals surface area contributed by atoms with E-state index >= 15 is 0 Å².